The molecule has 3 aromatic rings. The molecule has 2 heterocycles. The lowest BCUT2D eigenvalue weighted by atomic mass is 10.2. The third kappa shape index (κ3) is 4.42. The Morgan fingerprint density at radius 3 is 2.61 bits per heavy atom. The minimum absolute atomic E-state index is 0.111. The molecule has 0 unspecified atom stereocenters. The fraction of sp³-hybridized carbons (Fsp3) is 0.381. The molecule has 7 nitrogen and oxygen atoms in total. The largest absolute Gasteiger partial charge is 0.334 e. The molecule has 2 amide bonds. The van der Waals surface area contributed by atoms with Gasteiger partial charge in [0.25, 0.3) is 0 Å². The van der Waals surface area contributed by atoms with Crippen molar-refractivity contribution >= 4 is 6.03 Å². The SMILES string of the molecule is CCn1cc(CNC(=O)N(C)Cc2cccc(-n3nc(C)cc3C)c2)c(C)n1. The highest BCUT2D eigenvalue weighted by atomic mass is 16.2. The Hall–Kier alpha value is -3.09. The zero-order valence-corrected chi connectivity index (χ0v) is 17.2. The van der Waals surface area contributed by atoms with Crippen molar-refractivity contribution in [2.24, 2.45) is 0 Å². The second kappa shape index (κ2) is 8.29. The molecule has 28 heavy (non-hydrogen) atoms. The molecule has 0 bridgehead atoms. The topological polar surface area (TPSA) is 68.0 Å². The maximum absolute atomic E-state index is 12.5. The van der Waals surface area contributed by atoms with Crippen molar-refractivity contribution in [3.05, 3.63) is 64.7 Å². The van der Waals surface area contributed by atoms with Crippen LogP contribution in [0.4, 0.5) is 4.79 Å². The van der Waals surface area contributed by atoms with Crippen molar-refractivity contribution in [1.29, 1.82) is 0 Å². The van der Waals surface area contributed by atoms with Gasteiger partial charge in [-0.1, -0.05) is 12.1 Å². The van der Waals surface area contributed by atoms with Gasteiger partial charge in [-0.05, 0) is 51.5 Å². The van der Waals surface area contributed by atoms with E-state index in [2.05, 4.69) is 27.6 Å². The van der Waals surface area contributed by atoms with Gasteiger partial charge in [-0.2, -0.15) is 10.2 Å². The Labute approximate surface area is 166 Å². The van der Waals surface area contributed by atoms with E-state index in [9.17, 15) is 4.79 Å². The fourth-order valence-electron chi connectivity index (χ4n) is 3.22. The summed E-state index contributed by atoms with van der Waals surface area (Å²) in [5.74, 6) is 0. The number of rotatable bonds is 6. The summed E-state index contributed by atoms with van der Waals surface area (Å²) in [6.07, 6.45) is 1.98. The Kier molecular flexibility index (Phi) is 5.82. The maximum atomic E-state index is 12.5. The van der Waals surface area contributed by atoms with E-state index in [1.807, 2.05) is 61.5 Å². The van der Waals surface area contributed by atoms with E-state index in [0.29, 0.717) is 13.1 Å². The van der Waals surface area contributed by atoms with Gasteiger partial charge in [-0.25, -0.2) is 9.48 Å². The second-order valence-electron chi connectivity index (χ2n) is 7.12. The normalized spacial score (nSPS) is 10.9. The molecule has 0 saturated carbocycles. The van der Waals surface area contributed by atoms with Crippen LogP contribution in [0.15, 0.2) is 36.5 Å². The van der Waals surface area contributed by atoms with Gasteiger partial charge < -0.3 is 10.2 Å². The molecule has 3 rings (SSSR count). The average molecular weight is 380 g/mol. The number of aryl methyl sites for hydroxylation is 4. The second-order valence-corrected chi connectivity index (χ2v) is 7.12. The van der Waals surface area contributed by atoms with Gasteiger partial charge in [0.1, 0.15) is 0 Å². The minimum atomic E-state index is -0.111. The van der Waals surface area contributed by atoms with Crippen LogP contribution in [0, 0.1) is 20.8 Å². The van der Waals surface area contributed by atoms with Crippen molar-refractivity contribution < 1.29 is 4.79 Å². The summed E-state index contributed by atoms with van der Waals surface area (Å²) in [6, 6.07) is 10.1. The smallest absolute Gasteiger partial charge is 0.317 e. The Morgan fingerprint density at radius 1 is 1.18 bits per heavy atom. The van der Waals surface area contributed by atoms with Gasteiger partial charge in [-0.3, -0.25) is 4.68 Å². The van der Waals surface area contributed by atoms with Crippen LogP contribution < -0.4 is 5.32 Å². The Morgan fingerprint density at radius 2 is 1.96 bits per heavy atom. The van der Waals surface area contributed by atoms with Crippen LogP contribution in [-0.4, -0.2) is 37.5 Å². The summed E-state index contributed by atoms with van der Waals surface area (Å²) >= 11 is 0. The van der Waals surface area contributed by atoms with E-state index >= 15 is 0 Å². The molecule has 0 spiro atoms. The van der Waals surface area contributed by atoms with Gasteiger partial charge in [-0.15, -0.1) is 0 Å². The number of carbonyl (C=O) groups is 1. The standard InChI is InChI=1S/C21H28N6O/c1-6-26-14-19(17(4)24-26)12-22-21(28)25(5)13-18-8-7-9-20(11-18)27-16(3)10-15(2)23-27/h7-11,14H,6,12-13H2,1-5H3,(H,22,28). The van der Waals surface area contributed by atoms with E-state index in [-0.39, 0.29) is 6.03 Å². The number of hydrogen-bond donors (Lipinski definition) is 1. The molecule has 1 N–H and O–H groups in total. The number of nitrogens with zero attached hydrogens (tertiary/aromatic N) is 5. The van der Waals surface area contributed by atoms with E-state index in [4.69, 9.17) is 0 Å². The van der Waals surface area contributed by atoms with Crippen LogP contribution in [0.2, 0.25) is 0 Å². The highest BCUT2D eigenvalue weighted by Crippen LogP contribution is 2.15. The molecule has 7 heteroatoms. The fourth-order valence-corrected chi connectivity index (χ4v) is 3.22. The molecule has 0 aliphatic carbocycles. The van der Waals surface area contributed by atoms with E-state index in [1.54, 1.807) is 11.9 Å². The third-order valence-corrected chi connectivity index (χ3v) is 4.73. The zero-order valence-electron chi connectivity index (χ0n) is 17.2. The number of aromatic nitrogens is 4. The third-order valence-electron chi connectivity index (χ3n) is 4.73. The number of hydrogen-bond acceptors (Lipinski definition) is 3. The molecule has 148 valence electrons. The predicted molar refractivity (Wildman–Crippen MR) is 109 cm³/mol. The molecule has 1 aromatic carbocycles. The molecular formula is C21H28N6O. The quantitative estimate of drug-likeness (QED) is 0.713. The summed E-state index contributed by atoms with van der Waals surface area (Å²) in [6.45, 7) is 9.84. The average Bonchev–Trinajstić information content (AvgIpc) is 3.20. The first kappa shape index (κ1) is 19.7. The van der Waals surface area contributed by atoms with Gasteiger partial charge >= 0.3 is 6.03 Å². The summed E-state index contributed by atoms with van der Waals surface area (Å²) < 4.78 is 3.80. The van der Waals surface area contributed by atoms with E-state index in [0.717, 1.165) is 40.4 Å². The summed E-state index contributed by atoms with van der Waals surface area (Å²) in [5, 5.41) is 11.9. The monoisotopic (exact) mass is 380 g/mol. The van der Waals surface area contributed by atoms with Crippen molar-refractivity contribution in [1.82, 2.24) is 29.8 Å². The molecule has 0 radical (unpaired) electrons. The lowest BCUT2D eigenvalue weighted by molar-refractivity contribution is 0.206. The summed E-state index contributed by atoms with van der Waals surface area (Å²) in [7, 11) is 1.80. The first-order chi connectivity index (χ1) is 13.4. The van der Waals surface area contributed by atoms with Crippen LogP contribution in [0.25, 0.3) is 5.69 Å². The van der Waals surface area contributed by atoms with Crippen molar-refractivity contribution in [2.75, 3.05) is 7.05 Å². The number of nitrogens with one attached hydrogen (secondary N) is 1. The van der Waals surface area contributed by atoms with Crippen LogP contribution in [0.3, 0.4) is 0 Å². The number of amides is 2. The van der Waals surface area contributed by atoms with E-state index in [1.165, 1.54) is 0 Å². The van der Waals surface area contributed by atoms with Crippen LogP contribution >= 0.6 is 0 Å². The molecular weight excluding hydrogens is 352 g/mol. The Bertz CT molecular complexity index is 971. The molecule has 0 fully saturated rings. The number of carbonyl (C=O) groups excluding carboxylic acids is 1. The zero-order chi connectivity index (χ0) is 20.3. The van der Waals surface area contributed by atoms with Crippen molar-refractivity contribution in [3.8, 4) is 5.69 Å². The lowest BCUT2D eigenvalue weighted by Gasteiger charge is -2.18. The van der Waals surface area contributed by atoms with Crippen molar-refractivity contribution in [3.63, 3.8) is 0 Å². The van der Waals surface area contributed by atoms with Gasteiger partial charge in [0.15, 0.2) is 0 Å². The van der Waals surface area contributed by atoms with Crippen LogP contribution in [0.1, 0.15) is 35.1 Å². The number of urea groups is 1. The van der Waals surface area contributed by atoms with Crippen molar-refractivity contribution in [2.45, 2.75) is 47.3 Å². The highest BCUT2D eigenvalue weighted by molar-refractivity contribution is 5.73. The summed E-state index contributed by atoms with van der Waals surface area (Å²) in [4.78, 5) is 14.2. The van der Waals surface area contributed by atoms with Crippen LogP contribution in [-0.2, 0) is 19.6 Å². The van der Waals surface area contributed by atoms with Gasteiger partial charge in [0, 0.05) is 44.1 Å². The highest BCUT2D eigenvalue weighted by Gasteiger charge is 2.12. The van der Waals surface area contributed by atoms with Gasteiger partial charge in [0.05, 0.1) is 17.1 Å². The predicted octanol–water partition coefficient (Wildman–Crippen LogP) is 3.36. The lowest BCUT2D eigenvalue weighted by Crippen LogP contribution is -2.36. The maximum Gasteiger partial charge on any atom is 0.317 e. The Balaban J connectivity index is 1.63. The molecule has 0 aliphatic rings. The summed E-state index contributed by atoms with van der Waals surface area (Å²) in [5.41, 5.74) is 6.11. The first-order valence-electron chi connectivity index (χ1n) is 9.52. The molecule has 0 atom stereocenters. The van der Waals surface area contributed by atoms with E-state index < -0.39 is 0 Å². The first-order valence-corrected chi connectivity index (χ1v) is 9.52. The van der Waals surface area contributed by atoms with Gasteiger partial charge in [0.2, 0.25) is 0 Å². The molecule has 2 aromatic heterocycles. The number of benzene rings is 1. The molecule has 0 aliphatic heterocycles. The molecule has 0 saturated heterocycles. The van der Waals surface area contributed by atoms with Crippen LogP contribution in [0.5, 0.6) is 0 Å². The minimum Gasteiger partial charge on any atom is -0.334 e.